The van der Waals surface area contributed by atoms with Crippen LogP contribution in [0.4, 0.5) is 15.9 Å². The summed E-state index contributed by atoms with van der Waals surface area (Å²) in [5.74, 6) is 1.10. The van der Waals surface area contributed by atoms with Gasteiger partial charge in [-0.3, -0.25) is 0 Å². The monoisotopic (exact) mass is 390 g/mol. The normalized spacial score (nSPS) is 14.5. The zero-order valence-corrected chi connectivity index (χ0v) is 15.6. The third-order valence-corrected chi connectivity index (χ3v) is 5.16. The molecule has 29 heavy (non-hydrogen) atoms. The van der Waals surface area contributed by atoms with Gasteiger partial charge in [-0.05, 0) is 36.4 Å². The van der Waals surface area contributed by atoms with Crippen LogP contribution in [0.5, 0.6) is 5.75 Å². The molecule has 1 fully saturated rings. The van der Waals surface area contributed by atoms with E-state index in [2.05, 4.69) is 25.1 Å². The van der Waals surface area contributed by atoms with Crippen LogP contribution < -0.4 is 9.80 Å². The lowest BCUT2D eigenvalue weighted by atomic mass is 10.2. The van der Waals surface area contributed by atoms with E-state index in [1.165, 1.54) is 6.07 Å². The predicted molar refractivity (Wildman–Crippen MR) is 109 cm³/mol. The summed E-state index contributed by atoms with van der Waals surface area (Å²) in [7, 11) is 0. The molecule has 0 radical (unpaired) electrons. The zero-order valence-electron chi connectivity index (χ0n) is 15.6. The third-order valence-electron chi connectivity index (χ3n) is 5.16. The van der Waals surface area contributed by atoms with Crippen molar-refractivity contribution in [2.75, 3.05) is 36.0 Å². The Balaban J connectivity index is 1.40. The number of aromatic nitrogens is 4. The average molecular weight is 390 g/mol. The number of phenolic OH excluding ortho intramolecular Hbond substituents is 1. The van der Waals surface area contributed by atoms with Crippen LogP contribution in [0.3, 0.4) is 0 Å². The van der Waals surface area contributed by atoms with Gasteiger partial charge in [-0.2, -0.15) is 4.52 Å². The van der Waals surface area contributed by atoms with E-state index in [0.717, 1.165) is 37.7 Å². The molecule has 146 valence electrons. The minimum absolute atomic E-state index is 0.269. The smallest absolute Gasteiger partial charge is 0.188 e. The Morgan fingerprint density at radius 3 is 2.41 bits per heavy atom. The molecule has 1 N–H and O–H groups in total. The highest BCUT2D eigenvalue weighted by Crippen LogP contribution is 2.24. The Kier molecular flexibility index (Phi) is 4.23. The molecule has 3 heterocycles. The van der Waals surface area contributed by atoms with E-state index in [1.54, 1.807) is 34.8 Å². The second-order valence-electron chi connectivity index (χ2n) is 6.96. The van der Waals surface area contributed by atoms with Crippen LogP contribution in [0.15, 0.2) is 60.7 Å². The lowest BCUT2D eigenvalue weighted by Crippen LogP contribution is -2.47. The molecule has 0 atom stereocenters. The van der Waals surface area contributed by atoms with Crippen molar-refractivity contribution in [1.29, 1.82) is 0 Å². The van der Waals surface area contributed by atoms with Crippen LogP contribution in [0.1, 0.15) is 0 Å². The minimum atomic E-state index is -0.353. The second-order valence-corrected chi connectivity index (χ2v) is 6.96. The number of piperazine rings is 1. The Morgan fingerprint density at radius 2 is 1.62 bits per heavy atom. The number of hydrogen-bond donors (Lipinski definition) is 1. The van der Waals surface area contributed by atoms with Gasteiger partial charge in [-0.15, -0.1) is 15.3 Å². The van der Waals surface area contributed by atoms with E-state index in [-0.39, 0.29) is 11.6 Å². The summed E-state index contributed by atoms with van der Waals surface area (Å²) in [4.78, 5) is 4.42. The molecule has 0 spiro atoms. The van der Waals surface area contributed by atoms with Gasteiger partial charge in [0.05, 0.1) is 5.56 Å². The Bertz CT molecular complexity index is 1170. The number of phenols is 1. The van der Waals surface area contributed by atoms with Crippen LogP contribution in [0, 0.1) is 5.82 Å². The molecule has 0 aliphatic carbocycles. The number of aromatic hydroxyl groups is 1. The molecule has 0 saturated carbocycles. The molecule has 4 aromatic rings. The van der Waals surface area contributed by atoms with Gasteiger partial charge >= 0.3 is 0 Å². The summed E-state index contributed by atoms with van der Waals surface area (Å²) < 4.78 is 15.8. The van der Waals surface area contributed by atoms with Crippen LogP contribution in [0.2, 0.25) is 0 Å². The van der Waals surface area contributed by atoms with Gasteiger partial charge in [-0.25, -0.2) is 4.39 Å². The largest absolute Gasteiger partial charge is 0.508 e. The van der Waals surface area contributed by atoms with Crippen LogP contribution in [-0.2, 0) is 0 Å². The number of nitrogens with zero attached hydrogens (tertiary/aromatic N) is 6. The van der Waals surface area contributed by atoms with Crippen LogP contribution >= 0.6 is 0 Å². The SMILES string of the molecule is Oc1cccc(N2CCN(c3ccc4nnc(-c5ccccc5F)n4n3)CC2)c1. The molecule has 7 nitrogen and oxygen atoms in total. The van der Waals surface area contributed by atoms with Crippen molar-refractivity contribution >= 4 is 17.2 Å². The maximum absolute atomic E-state index is 14.2. The highest BCUT2D eigenvalue weighted by Gasteiger charge is 2.20. The Hall–Kier alpha value is -3.68. The van der Waals surface area contributed by atoms with E-state index in [0.29, 0.717) is 17.0 Å². The summed E-state index contributed by atoms with van der Waals surface area (Å²) in [5, 5.41) is 22.6. The third kappa shape index (κ3) is 3.22. The fraction of sp³-hybridized carbons (Fsp3) is 0.190. The lowest BCUT2D eigenvalue weighted by Gasteiger charge is -2.36. The van der Waals surface area contributed by atoms with E-state index in [9.17, 15) is 9.50 Å². The molecule has 2 aromatic heterocycles. The van der Waals surface area contributed by atoms with Crippen molar-refractivity contribution in [3.8, 4) is 17.1 Å². The average Bonchev–Trinajstić information content (AvgIpc) is 3.17. The van der Waals surface area contributed by atoms with E-state index < -0.39 is 0 Å². The topological polar surface area (TPSA) is 69.8 Å². The molecule has 2 aromatic carbocycles. The van der Waals surface area contributed by atoms with Gasteiger partial charge in [-0.1, -0.05) is 18.2 Å². The van der Waals surface area contributed by atoms with Crippen molar-refractivity contribution in [3.63, 3.8) is 0 Å². The standard InChI is InChI=1S/C21H19FN6O/c22-18-7-2-1-6-17(18)21-24-23-19-8-9-20(25-28(19)21)27-12-10-26(11-13-27)15-4-3-5-16(29)14-15/h1-9,14,29H,10-13H2. The van der Waals surface area contributed by atoms with Crippen molar-refractivity contribution in [2.24, 2.45) is 0 Å². The zero-order chi connectivity index (χ0) is 19.8. The molecule has 8 heteroatoms. The van der Waals surface area contributed by atoms with Gasteiger partial charge in [0.15, 0.2) is 11.5 Å². The van der Waals surface area contributed by atoms with Gasteiger partial charge in [0.25, 0.3) is 0 Å². The quantitative estimate of drug-likeness (QED) is 0.580. The highest BCUT2D eigenvalue weighted by molar-refractivity contribution is 5.60. The number of fused-ring (bicyclic) bond motifs is 1. The molecule has 5 rings (SSSR count). The van der Waals surface area contributed by atoms with E-state index >= 15 is 0 Å². The van der Waals surface area contributed by atoms with Crippen LogP contribution in [-0.4, -0.2) is 51.1 Å². The van der Waals surface area contributed by atoms with E-state index in [4.69, 9.17) is 0 Å². The van der Waals surface area contributed by atoms with Crippen molar-refractivity contribution in [1.82, 2.24) is 19.8 Å². The summed E-state index contributed by atoms with van der Waals surface area (Å²) in [6.07, 6.45) is 0. The number of halogens is 1. The van der Waals surface area contributed by atoms with Gasteiger partial charge in [0.2, 0.25) is 0 Å². The minimum Gasteiger partial charge on any atom is -0.508 e. The van der Waals surface area contributed by atoms with Crippen molar-refractivity contribution < 1.29 is 9.50 Å². The van der Waals surface area contributed by atoms with Gasteiger partial charge in [0, 0.05) is 37.9 Å². The number of hydrogen-bond acceptors (Lipinski definition) is 6. The van der Waals surface area contributed by atoms with Crippen molar-refractivity contribution in [2.45, 2.75) is 0 Å². The maximum atomic E-state index is 14.2. The Labute approximate surface area is 166 Å². The van der Waals surface area contributed by atoms with Crippen molar-refractivity contribution in [3.05, 3.63) is 66.5 Å². The molecular weight excluding hydrogens is 371 g/mol. The lowest BCUT2D eigenvalue weighted by molar-refractivity contribution is 0.475. The number of rotatable bonds is 3. The maximum Gasteiger partial charge on any atom is 0.188 e. The number of anilines is 2. The summed E-state index contributed by atoms with van der Waals surface area (Å²) in [6, 6.07) is 17.6. The summed E-state index contributed by atoms with van der Waals surface area (Å²) in [5.41, 5.74) is 1.96. The molecular formula is C21H19FN6O. The molecule has 1 aliphatic rings. The first kappa shape index (κ1) is 17.4. The fourth-order valence-corrected chi connectivity index (χ4v) is 3.64. The first-order chi connectivity index (χ1) is 14.2. The summed E-state index contributed by atoms with van der Waals surface area (Å²) >= 11 is 0. The summed E-state index contributed by atoms with van der Waals surface area (Å²) in [6.45, 7) is 3.19. The molecule has 0 unspecified atom stereocenters. The Morgan fingerprint density at radius 1 is 0.828 bits per heavy atom. The van der Waals surface area contributed by atoms with Crippen LogP contribution in [0.25, 0.3) is 17.0 Å². The first-order valence-corrected chi connectivity index (χ1v) is 9.45. The highest BCUT2D eigenvalue weighted by atomic mass is 19.1. The molecule has 1 saturated heterocycles. The van der Waals surface area contributed by atoms with Gasteiger partial charge < -0.3 is 14.9 Å². The molecule has 0 bridgehead atoms. The fourth-order valence-electron chi connectivity index (χ4n) is 3.64. The second kappa shape index (κ2) is 7.05. The predicted octanol–water partition coefficient (Wildman–Crippen LogP) is 2.96. The first-order valence-electron chi connectivity index (χ1n) is 9.45. The van der Waals surface area contributed by atoms with E-state index in [1.807, 2.05) is 24.3 Å². The van der Waals surface area contributed by atoms with Gasteiger partial charge in [0.1, 0.15) is 17.4 Å². The number of benzene rings is 2. The molecule has 1 aliphatic heterocycles. The molecule has 0 amide bonds.